The third kappa shape index (κ3) is 1.94. The van der Waals surface area contributed by atoms with Gasteiger partial charge in [0, 0.05) is 5.56 Å². The molecule has 5 nitrogen and oxygen atoms in total. The first-order valence-corrected chi connectivity index (χ1v) is 4.47. The van der Waals surface area contributed by atoms with Gasteiger partial charge >= 0.3 is 10.8 Å². The van der Waals surface area contributed by atoms with E-state index >= 15 is 0 Å². The number of hydrogen-bond acceptors (Lipinski definition) is 4. The average Bonchev–Trinajstić information content (AvgIpc) is 2.65. The van der Waals surface area contributed by atoms with Crippen LogP contribution in [0.15, 0.2) is 28.8 Å². The molecule has 0 saturated carbocycles. The molecule has 1 heterocycles. The molecule has 0 aliphatic rings. The van der Waals surface area contributed by atoms with E-state index in [2.05, 4.69) is 10.1 Å². The van der Waals surface area contributed by atoms with Gasteiger partial charge in [0.25, 0.3) is 0 Å². The summed E-state index contributed by atoms with van der Waals surface area (Å²) >= 11 is 4.70. The number of benzene rings is 1. The van der Waals surface area contributed by atoms with Gasteiger partial charge < -0.3 is 9.63 Å². The molecule has 76 valence electrons. The van der Waals surface area contributed by atoms with Crippen LogP contribution in [0.25, 0.3) is 11.4 Å². The van der Waals surface area contributed by atoms with E-state index in [9.17, 15) is 4.79 Å². The Balaban J connectivity index is 2.39. The van der Waals surface area contributed by atoms with E-state index in [1.165, 1.54) is 12.1 Å². The van der Waals surface area contributed by atoms with Gasteiger partial charge in [-0.25, -0.2) is 9.95 Å². The Bertz CT molecular complexity index is 541. The maximum Gasteiger partial charge on any atom is 0.335 e. The first kappa shape index (κ1) is 9.60. The van der Waals surface area contributed by atoms with Crippen LogP contribution >= 0.6 is 12.2 Å². The normalized spacial score (nSPS) is 10.1. The number of aromatic amines is 1. The zero-order valence-corrected chi connectivity index (χ0v) is 8.25. The lowest BCUT2D eigenvalue weighted by molar-refractivity contribution is 0.0697. The van der Waals surface area contributed by atoms with Crippen molar-refractivity contribution in [1.82, 2.24) is 10.1 Å². The van der Waals surface area contributed by atoms with Crippen molar-refractivity contribution in [3.05, 3.63) is 34.7 Å². The maximum atomic E-state index is 10.6. The molecule has 0 atom stereocenters. The number of carboxylic acids is 1. The SMILES string of the molecule is O=C(O)c1ccc(-c2nc(=S)o[nH]2)cc1. The maximum absolute atomic E-state index is 10.6. The summed E-state index contributed by atoms with van der Waals surface area (Å²) < 4.78 is 4.76. The minimum Gasteiger partial charge on any atom is -0.478 e. The van der Waals surface area contributed by atoms with Crippen LogP contribution in [0.3, 0.4) is 0 Å². The van der Waals surface area contributed by atoms with Crippen molar-refractivity contribution in [1.29, 1.82) is 0 Å². The predicted molar refractivity (Wildman–Crippen MR) is 54.1 cm³/mol. The van der Waals surface area contributed by atoms with Gasteiger partial charge in [-0.1, -0.05) is 12.1 Å². The second-order valence-corrected chi connectivity index (χ2v) is 3.16. The van der Waals surface area contributed by atoms with Gasteiger partial charge in [-0.3, -0.25) is 0 Å². The molecule has 15 heavy (non-hydrogen) atoms. The summed E-state index contributed by atoms with van der Waals surface area (Å²) in [4.78, 5) is 14.6. The second-order valence-electron chi connectivity index (χ2n) is 2.81. The van der Waals surface area contributed by atoms with E-state index in [-0.39, 0.29) is 10.4 Å². The summed E-state index contributed by atoms with van der Waals surface area (Å²) in [6.07, 6.45) is 0. The second kappa shape index (κ2) is 3.66. The molecule has 0 saturated heterocycles. The zero-order chi connectivity index (χ0) is 10.8. The fourth-order valence-corrected chi connectivity index (χ4v) is 1.26. The van der Waals surface area contributed by atoms with Gasteiger partial charge in [0.1, 0.15) is 0 Å². The fraction of sp³-hybridized carbons (Fsp3) is 0. The Morgan fingerprint density at radius 1 is 1.40 bits per heavy atom. The largest absolute Gasteiger partial charge is 0.478 e. The molecule has 0 bridgehead atoms. The van der Waals surface area contributed by atoms with E-state index in [0.717, 1.165) is 5.56 Å². The summed E-state index contributed by atoms with van der Waals surface area (Å²) in [5.41, 5.74) is 0.945. The zero-order valence-electron chi connectivity index (χ0n) is 7.43. The Hall–Kier alpha value is -1.95. The van der Waals surface area contributed by atoms with Gasteiger partial charge in [0.05, 0.1) is 5.56 Å². The van der Waals surface area contributed by atoms with Gasteiger partial charge in [0.15, 0.2) is 5.82 Å². The Labute approximate surface area is 89.4 Å². The molecule has 0 aliphatic carbocycles. The first-order valence-electron chi connectivity index (χ1n) is 4.06. The first-order chi connectivity index (χ1) is 7.16. The molecule has 2 aromatic rings. The molecule has 1 aromatic carbocycles. The lowest BCUT2D eigenvalue weighted by Crippen LogP contribution is -1.95. The Morgan fingerprint density at radius 2 is 2.07 bits per heavy atom. The molecule has 6 heteroatoms. The number of carbonyl (C=O) groups is 1. The summed E-state index contributed by atoms with van der Waals surface area (Å²) in [6.45, 7) is 0. The highest BCUT2D eigenvalue weighted by atomic mass is 32.1. The quantitative estimate of drug-likeness (QED) is 0.760. The van der Waals surface area contributed by atoms with Crippen LogP contribution < -0.4 is 0 Å². The third-order valence-corrected chi connectivity index (χ3v) is 2.02. The van der Waals surface area contributed by atoms with Crippen LogP contribution in [-0.4, -0.2) is 21.2 Å². The summed E-state index contributed by atoms with van der Waals surface area (Å²) in [5.74, 6) is -0.480. The van der Waals surface area contributed by atoms with Crippen LogP contribution in [0, 0.1) is 4.84 Å². The number of rotatable bonds is 2. The highest BCUT2D eigenvalue weighted by Crippen LogP contribution is 2.15. The van der Waals surface area contributed by atoms with Crippen molar-refractivity contribution in [2.75, 3.05) is 0 Å². The monoisotopic (exact) mass is 222 g/mol. The third-order valence-electron chi connectivity index (χ3n) is 1.84. The summed E-state index contributed by atoms with van der Waals surface area (Å²) in [7, 11) is 0. The molecule has 0 radical (unpaired) electrons. The molecule has 2 N–H and O–H groups in total. The number of hydrogen-bond donors (Lipinski definition) is 2. The van der Waals surface area contributed by atoms with Crippen LogP contribution in [0.1, 0.15) is 10.4 Å². The van der Waals surface area contributed by atoms with Crippen LogP contribution in [0.4, 0.5) is 0 Å². The standard InChI is InChI=1S/C9H6N2O3S/c12-8(13)6-3-1-5(2-4-6)7-10-9(15)14-11-7/h1-4H,(H,12,13)(H,10,11,15). The molecule has 2 rings (SSSR count). The molecule has 0 unspecified atom stereocenters. The summed E-state index contributed by atoms with van der Waals surface area (Å²) in [6, 6.07) is 6.24. The number of aromatic nitrogens is 2. The predicted octanol–water partition coefficient (Wildman–Crippen LogP) is 2.10. The number of nitrogens with zero attached hydrogens (tertiary/aromatic N) is 1. The minimum absolute atomic E-state index is 0.118. The fourth-order valence-electron chi connectivity index (χ4n) is 1.12. The number of carboxylic acid groups (broad SMARTS) is 1. The van der Waals surface area contributed by atoms with Gasteiger partial charge in [-0.15, -0.1) is 0 Å². The van der Waals surface area contributed by atoms with Crippen molar-refractivity contribution < 1.29 is 14.4 Å². The number of H-pyrrole nitrogens is 1. The molecule has 0 aliphatic heterocycles. The Morgan fingerprint density at radius 3 is 2.53 bits per heavy atom. The van der Waals surface area contributed by atoms with E-state index in [4.69, 9.17) is 21.8 Å². The van der Waals surface area contributed by atoms with E-state index < -0.39 is 5.97 Å². The van der Waals surface area contributed by atoms with E-state index in [1.807, 2.05) is 0 Å². The lowest BCUT2D eigenvalue weighted by Gasteiger charge is -1.96. The van der Waals surface area contributed by atoms with Crippen LogP contribution in [0.2, 0.25) is 0 Å². The summed E-state index contributed by atoms with van der Waals surface area (Å²) in [5, 5.41) is 11.2. The Kier molecular flexibility index (Phi) is 2.34. The molecule has 1 aromatic heterocycles. The van der Waals surface area contributed by atoms with Crippen LogP contribution in [0.5, 0.6) is 0 Å². The number of nitrogens with one attached hydrogen (secondary N) is 1. The molecule has 0 fully saturated rings. The van der Waals surface area contributed by atoms with Gasteiger partial charge in [-0.2, -0.15) is 4.98 Å². The lowest BCUT2D eigenvalue weighted by atomic mass is 10.1. The topological polar surface area (TPSA) is 79.1 Å². The van der Waals surface area contributed by atoms with Crippen LogP contribution in [-0.2, 0) is 0 Å². The number of aromatic carboxylic acids is 1. The minimum atomic E-state index is -0.963. The highest BCUT2D eigenvalue weighted by molar-refractivity contribution is 7.71. The van der Waals surface area contributed by atoms with Gasteiger partial charge in [-0.05, 0) is 24.4 Å². The average molecular weight is 222 g/mol. The van der Waals surface area contributed by atoms with E-state index in [1.54, 1.807) is 12.1 Å². The highest BCUT2D eigenvalue weighted by Gasteiger charge is 2.05. The molecule has 0 amide bonds. The van der Waals surface area contributed by atoms with Crippen molar-refractivity contribution >= 4 is 18.2 Å². The molecule has 0 spiro atoms. The molecular weight excluding hydrogens is 216 g/mol. The van der Waals surface area contributed by atoms with Crippen molar-refractivity contribution in [3.63, 3.8) is 0 Å². The van der Waals surface area contributed by atoms with Crippen molar-refractivity contribution in [2.24, 2.45) is 0 Å². The van der Waals surface area contributed by atoms with E-state index in [0.29, 0.717) is 5.82 Å². The van der Waals surface area contributed by atoms with Crippen molar-refractivity contribution in [3.8, 4) is 11.4 Å². The molecular formula is C9H6N2O3S. The smallest absolute Gasteiger partial charge is 0.335 e. The van der Waals surface area contributed by atoms with Crippen molar-refractivity contribution in [2.45, 2.75) is 0 Å². The van der Waals surface area contributed by atoms with Gasteiger partial charge in [0.2, 0.25) is 0 Å².